The van der Waals surface area contributed by atoms with Gasteiger partial charge < -0.3 is 19.6 Å². The normalized spacial score (nSPS) is 10.7. The summed E-state index contributed by atoms with van der Waals surface area (Å²) in [4.78, 5) is 11.7. The molecule has 2 N–H and O–H groups in total. The second-order valence-corrected chi connectivity index (χ2v) is 3.89. The number of esters is 1. The Morgan fingerprint density at radius 3 is 2.94 bits per heavy atom. The largest absolute Gasteiger partial charge is 0.460 e. The predicted molar refractivity (Wildman–Crippen MR) is 67.4 cm³/mol. The molecule has 0 unspecified atom stereocenters. The van der Waals surface area contributed by atoms with E-state index >= 15 is 0 Å². The Balaban J connectivity index is 2.04. The molecule has 0 spiro atoms. The SMILES string of the molecule is COCCCOC(=O)c1cc2cc(N)ccc2o1. The van der Waals surface area contributed by atoms with Crippen molar-refractivity contribution < 1.29 is 18.7 Å². The van der Waals surface area contributed by atoms with Crippen LogP contribution < -0.4 is 5.73 Å². The molecule has 0 aliphatic rings. The van der Waals surface area contributed by atoms with Crippen LogP contribution in [0.5, 0.6) is 0 Å². The molecule has 2 aromatic rings. The van der Waals surface area contributed by atoms with Crippen molar-refractivity contribution in [1.82, 2.24) is 0 Å². The number of methoxy groups -OCH3 is 1. The van der Waals surface area contributed by atoms with Gasteiger partial charge in [0.2, 0.25) is 5.76 Å². The van der Waals surface area contributed by atoms with E-state index in [-0.39, 0.29) is 5.76 Å². The fraction of sp³-hybridized carbons (Fsp3) is 0.308. The number of nitrogen functional groups attached to an aromatic ring is 1. The van der Waals surface area contributed by atoms with Gasteiger partial charge in [-0.25, -0.2) is 4.79 Å². The maximum absolute atomic E-state index is 11.7. The Morgan fingerprint density at radius 2 is 2.17 bits per heavy atom. The van der Waals surface area contributed by atoms with Gasteiger partial charge in [0, 0.05) is 31.2 Å². The first-order valence-corrected chi connectivity index (χ1v) is 5.66. The van der Waals surface area contributed by atoms with Crippen molar-refractivity contribution in [1.29, 1.82) is 0 Å². The summed E-state index contributed by atoms with van der Waals surface area (Å²) in [7, 11) is 1.60. The monoisotopic (exact) mass is 249 g/mol. The third kappa shape index (κ3) is 2.81. The molecule has 5 nitrogen and oxygen atoms in total. The average Bonchev–Trinajstić information content (AvgIpc) is 2.77. The first kappa shape index (κ1) is 12.4. The first-order chi connectivity index (χ1) is 8.70. The van der Waals surface area contributed by atoms with Gasteiger partial charge in [0.15, 0.2) is 0 Å². The molecule has 96 valence electrons. The second kappa shape index (κ2) is 5.55. The fourth-order valence-corrected chi connectivity index (χ4v) is 1.60. The second-order valence-electron chi connectivity index (χ2n) is 3.89. The number of furan rings is 1. The van der Waals surface area contributed by atoms with Crippen molar-refractivity contribution >= 4 is 22.6 Å². The van der Waals surface area contributed by atoms with E-state index in [0.29, 0.717) is 30.9 Å². The van der Waals surface area contributed by atoms with E-state index < -0.39 is 5.97 Å². The highest BCUT2D eigenvalue weighted by atomic mass is 16.5. The van der Waals surface area contributed by atoms with E-state index in [4.69, 9.17) is 19.6 Å². The molecule has 0 bridgehead atoms. The van der Waals surface area contributed by atoms with Crippen molar-refractivity contribution in [2.24, 2.45) is 0 Å². The number of rotatable bonds is 5. The topological polar surface area (TPSA) is 74.7 Å². The zero-order valence-corrected chi connectivity index (χ0v) is 10.1. The van der Waals surface area contributed by atoms with Crippen LogP contribution in [-0.2, 0) is 9.47 Å². The van der Waals surface area contributed by atoms with Crippen molar-refractivity contribution in [2.75, 3.05) is 26.1 Å². The van der Waals surface area contributed by atoms with Gasteiger partial charge in [0.05, 0.1) is 6.61 Å². The molecular formula is C13H15NO4. The number of nitrogens with two attached hydrogens (primary N) is 1. The highest BCUT2D eigenvalue weighted by Gasteiger charge is 2.13. The lowest BCUT2D eigenvalue weighted by atomic mass is 10.2. The quantitative estimate of drug-likeness (QED) is 0.499. The van der Waals surface area contributed by atoms with Gasteiger partial charge in [-0.2, -0.15) is 0 Å². The lowest BCUT2D eigenvalue weighted by molar-refractivity contribution is 0.0435. The fourth-order valence-electron chi connectivity index (χ4n) is 1.60. The molecule has 1 aromatic carbocycles. The number of carbonyl (C=O) groups is 1. The number of benzene rings is 1. The summed E-state index contributed by atoms with van der Waals surface area (Å²) in [5.74, 6) is -0.283. The molecule has 5 heteroatoms. The summed E-state index contributed by atoms with van der Waals surface area (Å²) in [6.07, 6.45) is 0.662. The number of anilines is 1. The molecule has 0 saturated heterocycles. The van der Waals surface area contributed by atoms with E-state index in [1.54, 1.807) is 31.4 Å². The number of ether oxygens (including phenoxy) is 2. The molecule has 18 heavy (non-hydrogen) atoms. The zero-order valence-electron chi connectivity index (χ0n) is 10.1. The predicted octanol–water partition coefficient (Wildman–Crippen LogP) is 2.21. The van der Waals surface area contributed by atoms with Gasteiger partial charge in [-0.15, -0.1) is 0 Å². The Kier molecular flexibility index (Phi) is 3.84. The van der Waals surface area contributed by atoms with E-state index in [9.17, 15) is 4.79 Å². The molecule has 1 aromatic heterocycles. The minimum absolute atomic E-state index is 0.188. The molecular weight excluding hydrogens is 234 g/mol. The zero-order chi connectivity index (χ0) is 13.0. The van der Waals surface area contributed by atoms with Gasteiger partial charge >= 0.3 is 5.97 Å². The summed E-state index contributed by atoms with van der Waals surface area (Å²) < 4.78 is 15.3. The van der Waals surface area contributed by atoms with Crippen LogP contribution >= 0.6 is 0 Å². The molecule has 0 aliphatic carbocycles. The van der Waals surface area contributed by atoms with Crippen LogP contribution in [0.15, 0.2) is 28.7 Å². The third-order valence-electron chi connectivity index (χ3n) is 2.47. The van der Waals surface area contributed by atoms with Crippen LogP contribution in [0.25, 0.3) is 11.0 Å². The van der Waals surface area contributed by atoms with Gasteiger partial charge in [-0.05, 0) is 24.3 Å². The highest BCUT2D eigenvalue weighted by Crippen LogP contribution is 2.22. The maximum atomic E-state index is 11.7. The van der Waals surface area contributed by atoms with Crippen LogP contribution in [0.3, 0.4) is 0 Å². The summed E-state index contributed by atoms with van der Waals surface area (Å²) in [5, 5.41) is 0.791. The number of hydrogen-bond donors (Lipinski definition) is 1. The van der Waals surface area contributed by atoms with Gasteiger partial charge in [-0.3, -0.25) is 0 Å². The Bertz CT molecular complexity index is 547. The van der Waals surface area contributed by atoms with Crippen molar-refractivity contribution in [3.8, 4) is 0 Å². The first-order valence-electron chi connectivity index (χ1n) is 5.66. The minimum atomic E-state index is -0.471. The van der Waals surface area contributed by atoms with Gasteiger partial charge in [0.25, 0.3) is 0 Å². The summed E-state index contributed by atoms with van der Waals surface area (Å²) in [6.45, 7) is 0.871. The minimum Gasteiger partial charge on any atom is -0.460 e. The lowest BCUT2D eigenvalue weighted by Crippen LogP contribution is -2.06. The Morgan fingerprint density at radius 1 is 1.33 bits per heavy atom. The van der Waals surface area contributed by atoms with E-state index in [1.165, 1.54) is 0 Å². The van der Waals surface area contributed by atoms with Crippen molar-refractivity contribution in [3.05, 3.63) is 30.0 Å². The van der Waals surface area contributed by atoms with Crippen LogP contribution in [0.2, 0.25) is 0 Å². The third-order valence-corrected chi connectivity index (χ3v) is 2.47. The van der Waals surface area contributed by atoms with E-state index in [0.717, 1.165) is 5.39 Å². The Hall–Kier alpha value is -2.01. The van der Waals surface area contributed by atoms with Crippen molar-refractivity contribution in [2.45, 2.75) is 6.42 Å². The Labute approximate surface area is 104 Å². The van der Waals surface area contributed by atoms with Crippen LogP contribution in [-0.4, -0.2) is 26.3 Å². The van der Waals surface area contributed by atoms with Crippen LogP contribution in [0.1, 0.15) is 17.0 Å². The number of carbonyl (C=O) groups excluding carboxylic acids is 1. The number of fused-ring (bicyclic) bond motifs is 1. The van der Waals surface area contributed by atoms with Gasteiger partial charge in [-0.1, -0.05) is 0 Å². The maximum Gasteiger partial charge on any atom is 0.374 e. The summed E-state index contributed by atoms with van der Waals surface area (Å²) in [6, 6.07) is 6.83. The van der Waals surface area contributed by atoms with E-state index in [2.05, 4.69) is 0 Å². The molecule has 0 saturated carbocycles. The highest BCUT2D eigenvalue weighted by molar-refractivity contribution is 5.93. The summed E-state index contributed by atoms with van der Waals surface area (Å²) >= 11 is 0. The molecule has 1 heterocycles. The van der Waals surface area contributed by atoms with Crippen LogP contribution in [0.4, 0.5) is 5.69 Å². The molecule has 0 aliphatic heterocycles. The summed E-state index contributed by atoms with van der Waals surface area (Å²) in [5.41, 5.74) is 6.90. The standard InChI is InChI=1S/C13H15NO4/c1-16-5-2-6-17-13(15)12-8-9-7-10(14)3-4-11(9)18-12/h3-4,7-8H,2,5-6,14H2,1H3. The smallest absolute Gasteiger partial charge is 0.374 e. The van der Waals surface area contributed by atoms with E-state index in [1.807, 2.05) is 0 Å². The molecule has 2 rings (SSSR count). The van der Waals surface area contributed by atoms with Crippen LogP contribution in [0, 0.1) is 0 Å². The molecule has 0 fully saturated rings. The molecule has 0 atom stereocenters. The molecule has 0 amide bonds. The number of hydrogen-bond acceptors (Lipinski definition) is 5. The molecule has 0 radical (unpaired) electrons. The van der Waals surface area contributed by atoms with Gasteiger partial charge in [0.1, 0.15) is 5.58 Å². The average molecular weight is 249 g/mol. The lowest BCUT2D eigenvalue weighted by Gasteiger charge is -2.01. The van der Waals surface area contributed by atoms with Crippen molar-refractivity contribution in [3.63, 3.8) is 0 Å².